The zero-order chi connectivity index (χ0) is 42.8. The molecular weight excluding hydrogens is 777 g/mol. The van der Waals surface area contributed by atoms with Gasteiger partial charge in [0.2, 0.25) is 0 Å². The Morgan fingerprint density at radius 1 is 0.460 bits per heavy atom. The smallest absolute Gasteiger partial charge is 0.140 e. The lowest BCUT2D eigenvalue weighted by molar-refractivity contribution is 0.406. The summed E-state index contributed by atoms with van der Waals surface area (Å²) < 4.78 is 6.08. The van der Waals surface area contributed by atoms with E-state index in [4.69, 9.17) is 19.7 Å². The van der Waals surface area contributed by atoms with Crippen LogP contribution >= 0.6 is 0 Å². The van der Waals surface area contributed by atoms with E-state index in [2.05, 4.69) is 105 Å². The number of nitrogens with zero attached hydrogens (tertiary/aromatic N) is 6. The Labute approximate surface area is 369 Å². The molecule has 7 aromatic rings. The van der Waals surface area contributed by atoms with Crippen LogP contribution in [0, 0.1) is 0 Å². The van der Waals surface area contributed by atoms with E-state index in [-0.39, 0.29) is 0 Å². The molecule has 0 atom stereocenters. The van der Waals surface area contributed by atoms with Crippen LogP contribution in [-0.2, 0) is 6.42 Å². The second-order valence-corrected chi connectivity index (χ2v) is 16.4. The topological polar surface area (TPSA) is 118 Å². The average molecular weight is 831 g/mol. The Balaban J connectivity index is 1.19. The van der Waals surface area contributed by atoms with Crippen LogP contribution < -0.4 is 4.74 Å². The van der Waals surface area contributed by atoms with Gasteiger partial charge in [-0.25, -0.2) is 9.97 Å². The monoisotopic (exact) mass is 830 g/mol. The molecular formula is C54H54N8O. The first-order valence-corrected chi connectivity index (χ1v) is 22.6. The molecule has 8 bridgehead atoms. The number of pyridine rings is 4. The normalized spacial score (nSPS) is 12.0. The molecule has 316 valence electrons. The summed E-state index contributed by atoms with van der Waals surface area (Å²) in [5, 5.41) is 0. The third-order valence-corrected chi connectivity index (χ3v) is 12.1. The molecule has 9 nitrogen and oxygen atoms in total. The van der Waals surface area contributed by atoms with E-state index in [9.17, 15) is 0 Å². The molecule has 9 heterocycles. The summed E-state index contributed by atoms with van der Waals surface area (Å²) in [6.07, 6.45) is 36.6. The number of fused-ring (bicyclic) bond motifs is 8. The molecule has 0 aromatic carbocycles. The summed E-state index contributed by atoms with van der Waals surface area (Å²) in [5.41, 5.74) is 15.3. The first-order valence-electron chi connectivity index (χ1n) is 22.6. The maximum atomic E-state index is 6.08. The predicted molar refractivity (Wildman–Crippen MR) is 258 cm³/mol. The molecule has 0 fully saturated rings. The highest BCUT2D eigenvalue weighted by Crippen LogP contribution is 2.39. The fourth-order valence-electron chi connectivity index (χ4n) is 8.88. The van der Waals surface area contributed by atoms with E-state index in [1.807, 2.05) is 43.0 Å². The number of aromatic amines is 2. The number of aromatic nitrogens is 8. The lowest BCUT2D eigenvalue weighted by Crippen LogP contribution is -1.97. The van der Waals surface area contributed by atoms with Gasteiger partial charge in [0.25, 0.3) is 0 Å². The highest BCUT2D eigenvalue weighted by atomic mass is 16.5. The first-order chi connectivity index (χ1) is 31.2. The summed E-state index contributed by atoms with van der Waals surface area (Å²) in [5.74, 6) is 0.797. The van der Waals surface area contributed by atoms with Gasteiger partial charge in [-0.2, -0.15) is 0 Å². The van der Waals surface area contributed by atoms with Gasteiger partial charge in [-0.3, -0.25) is 19.9 Å². The number of H-pyrrole nitrogens is 2. The van der Waals surface area contributed by atoms with Gasteiger partial charge < -0.3 is 14.7 Å². The Morgan fingerprint density at radius 2 is 0.889 bits per heavy atom. The van der Waals surface area contributed by atoms with Gasteiger partial charge in [0.05, 0.1) is 35.6 Å². The minimum atomic E-state index is 0.797. The van der Waals surface area contributed by atoms with Crippen LogP contribution in [0.1, 0.15) is 106 Å². The Morgan fingerprint density at radius 3 is 1.33 bits per heavy atom. The van der Waals surface area contributed by atoms with Gasteiger partial charge in [0.15, 0.2) is 0 Å². The third-order valence-electron chi connectivity index (χ3n) is 12.1. The van der Waals surface area contributed by atoms with E-state index in [0.717, 1.165) is 114 Å². The van der Waals surface area contributed by atoms with E-state index >= 15 is 0 Å². The summed E-state index contributed by atoms with van der Waals surface area (Å²) in [4.78, 5) is 36.9. The van der Waals surface area contributed by atoms with Crippen molar-refractivity contribution in [2.24, 2.45) is 0 Å². The molecule has 2 aliphatic rings. The summed E-state index contributed by atoms with van der Waals surface area (Å²) in [7, 11) is 1.75. The lowest BCUT2D eigenvalue weighted by Gasteiger charge is -2.11. The van der Waals surface area contributed by atoms with Crippen molar-refractivity contribution >= 4 is 46.4 Å². The average Bonchev–Trinajstić information content (AvgIpc) is 4.18. The van der Waals surface area contributed by atoms with Crippen LogP contribution in [-0.4, -0.2) is 47.0 Å². The highest BCUT2D eigenvalue weighted by molar-refractivity contribution is 6.00. The summed E-state index contributed by atoms with van der Waals surface area (Å²) in [6.45, 7) is 2.28. The molecule has 63 heavy (non-hydrogen) atoms. The van der Waals surface area contributed by atoms with Crippen LogP contribution in [0.4, 0.5) is 0 Å². The summed E-state index contributed by atoms with van der Waals surface area (Å²) in [6, 6.07) is 22.7. The number of methoxy groups -OCH3 is 1. The van der Waals surface area contributed by atoms with Crippen molar-refractivity contribution in [2.45, 2.75) is 84.0 Å². The van der Waals surface area contributed by atoms with E-state index in [1.165, 1.54) is 64.2 Å². The van der Waals surface area contributed by atoms with Crippen molar-refractivity contribution in [3.8, 4) is 50.3 Å². The Bertz CT molecular complexity index is 2760. The zero-order valence-corrected chi connectivity index (χ0v) is 36.3. The number of nitrogens with one attached hydrogen (secondary N) is 2. The SMILES string of the molecule is CCCCCCCCCCCCCc1ncc(-c2c3ccc([nH]3)c(-c3cccnc3)c3nc(c(-c4cccnc4)c4nc(c(-c5cccnc5)c5ccc2[nH]5)C=C4)C=C3)cc1OC. The number of ether oxygens (including phenoxy) is 1. The maximum Gasteiger partial charge on any atom is 0.140 e. The minimum absolute atomic E-state index is 0.797. The first kappa shape index (κ1) is 41.4. The van der Waals surface area contributed by atoms with Crippen LogP contribution in [0.25, 0.3) is 90.9 Å². The van der Waals surface area contributed by atoms with Crippen LogP contribution in [0.5, 0.6) is 5.75 Å². The molecule has 2 N–H and O–H groups in total. The number of unbranched alkanes of at least 4 members (excludes halogenated alkanes) is 10. The van der Waals surface area contributed by atoms with Crippen molar-refractivity contribution in [3.63, 3.8) is 0 Å². The van der Waals surface area contributed by atoms with E-state index < -0.39 is 0 Å². The third kappa shape index (κ3) is 9.28. The fraction of sp³-hybridized carbons (Fsp3) is 0.259. The van der Waals surface area contributed by atoms with Gasteiger partial charge in [0.1, 0.15) is 5.75 Å². The van der Waals surface area contributed by atoms with E-state index in [1.54, 1.807) is 25.7 Å². The second-order valence-electron chi connectivity index (χ2n) is 16.4. The van der Waals surface area contributed by atoms with Gasteiger partial charge >= 0.3 is 0 Å². The van der Waals surface area contributed by atoms with Crippen molar-refractivity contribution in [1.29, 1.82) is 0 Å². The molecule has 0 spiro atoms. The molecule has 2 aliphatic heterocycles. The Hall–Kier alpha value is -7.00. The molecule has 0 radical (unpaired) electrons. The van der Waals surface area contributed by atoms with Crippen LogP contribution in [0.15, 0.2) is 110 Å². The van der Waals surface area contributed by atoms with Crippen molar-refractivity contribution < 1.29 is 4.74 Å². The molecule has 9 rings (SSSR count). The quantitative estimate of drug-likeness (QED) is 0.0877. The largest absolute Gasteiger partial charge is 0.495 e. The van der Waals surface area contributed by atoms with Crippen molar-refractivity contribution in [2.75, 3.05) is 7.11 Å². The lowest BCUT2D eigenvalue weighted by atomic mass is 10.0. The molecule has 0 saturated carbocycles. The van der Waals surface area contributed by atoms with Gasteiger partial charge in [0, 0.05) is 110 Å². The molecule has 0 aliphatic carbocycles. The molecule has 0 unspecified atom stereocenters. The van der Waals surface area contributed by atoms with E-state index in [0.29, 0.717) is 0 Å². The summed E-state index contributed by atoms with van der Waals surface area (Å²) >= 11 is 0. The highest BCUT2D eigenvalue weighted by Gasteiger charge is 2.20. The fourth-order valence-corrected chi connectivity index (χ4v) is 8.88. The predicted octanol–water partition coefficient (Wildman–Crippen LogP) is 13.8. The maximum absolute atomic E-state index is 6.08. The molecule has 7 aromatic heterocycles. The van der Waals surface area contributed by atoms with Gasteiger partial charge in [-0.1, -0.05) is 89.3 Å². The van der Waals surface area contributed by atoms with Gasteiger partial charge in [-0.05, 0) is 85.7 Å². The van der Waals surface area contributed by atoms with Crippen molar-refractivity contribution in [3.05, 3.63) is 139 Å². The van der Waals surface area contributed by atoms with Gasteiger partial charge in [-0.15, -0.1) is 0 Å². The molecule has 0 saturated heterocycles. The van der Waals surface area contributed by atoms with Crippen LogP contribution in [0.3, 0.4) is 0 Å². The zero-order valence-electron chi connectivity index (χ0n) is 36.3. The minimum Gasteiger partial charge on any atom is -0.495 e. The standard InChI is InChI=1S/C54H54N8O/c1-3-4-5-6-7-8-9-10-11-12-13-20-41-50(63-2)32-40(36-58-41)54-48-27-25-46(61-48)52(38-18-15-30-56-34-38)44-23-21-42(59-44)51(37-17-14-29-55-33-37)43-22-24-45(60-43)53(39-19-16-31-57-35-39)47-26-28-49(54)62-47/h14-19,21-36,61-62H,3-13,20H2,1-2H3. The number of hydrogen-bond donors (Lipinski definition) is 2. The molecule has 9 heteroatoms. The Kier molecular flexibility index (Phi) is 13.0. The van der Waals surface area contributed by atoms with Crippen molar-refractivity contribution in [1.82, 2.24) is 39.9 Å². The van der Waals surface area contributed by atoms with Crippen LogP contribution in [0.2, 0.25) is 0 Å². The number of hydrogen-bond acceptors (Lipinski definition) is 7. The number of aryl methyl sites for hydroxylation is 1. The second kappa shape index (κ2) is 19.8. The number of rotatable bonds is 17. The molecule has 0 amide bonds.